The maximum absolute atomic E-state index is 3.12. The smallest absolute Gasteiger partial charge is 0.264 e. The lowest BCUT2D eigenvalue weighted by Crippen LogP contribution is -2.72. The van der Waals surface area contributed by atoms with E-state index in [1.807, 2.05) is 11.3 Å². The zero-order valence-corrected chi connectivity index (χ0v) is 51.9. The van der Waals surface area contributed by atoms with Gasteiger partial charge in [0.2, 0.25) is 0 Å². The highest BCUT2D eigenvalue weighted by Gasteiger charge is 2.52. The topological polar surface area (TPSA) is 9.72 Å². The Kier molecular flexibility index (Phi) is 13.2. The molecule has 1 atom stereocenters. The summed E-state index contributed by atoms with van der Waals surface area (Å²) in [4.78, 5) is 7.84. The summed E-state index contributed by atoms with van der Waals surface area (Å²) in [5.74, 6) is 0. The summed E-state index contributed by atoms with van der Waals surface area (Å²) >= 11 is 1.99. The molecular weight excluding hydrogens is 1050 g/mol. The minimum absolute atomic E-state index is 0.0167. The van der Waals surface area contributed by atoms with Crippen molar-refractivity contribution >= 4 is 119 Å². The highest BCUT2D eigenvalue weighted by molar-refractivity contribution is 7.33. The van der Waals surface area contributed by atoms with Gasteiger partial charge in [-0.05, 0) is 186 Å². The van der Waals surface area contributed by atoms with Crippen LogP contribution in [0.5, 0.6) is 0 Å². The maximum Gasteiger partial charge on any atom is 0.264 e. The predicted octanol–water partition coefficient (Wildman–Crippen LogP) is 17.5. The van der Waals surface area contributed by atoms with Crippen molar-refractivity contribution in [3.63, 3.8) is 0 Å². The first-order valence-electron chi connectivity index (χ1n) is 30.4. The molecule has 0 amide bonds. The lowest BCUT2D eigenvalue weighted by atomic mass is 9.36. The van der Waals surface area contributed by atoms with Crippen LogP contribution in [-0.2, 0) is 22.7 Å². The van der Waals surface area contributed by atoms with Crippen molar-refractivity contribution in [2.45, 2.75) is 103 Å². The molecule has 1 unspecified atom stereocenters. The van der Waals surface area contributed by atoms with E-state index in [1.54, 1.807) is 0 Å². The summed E-state index contributed by atoms with van der Waals surface area (Å²) in [5, 5.41) is 5.63. The van der Waals surface area contributed by atoms with Gasteiger partial charge >= 0.3 is 0 Å². The molecule has 3 aliphatic rings. The fraction of sp³-hybridized carbons (Fsp3) is 0.205. The van der Waals surface area contributed by atoms with Crippen LogP contribution in [0.15, 0.2) is 243 Å². The average Bonchev–Trinajstić information content (AvgIpc) is 1.15. The number of para-hydroxylation sites is 2. The number of fused-ring (bicyclic) bond motifs is 7. The van der Waals surface area contributed by atoms with E-state index in [1.165, 1.54) is 97.6 Å². The van der Waals surface area contributed by atoms with Gasteiger partial charge in [-0.3, -0.25) is 0 Å². The van der Waals surface area contributed by atoms with E-state index in [0.717, 1.165) is 42.0 Å². The second-order valence-electron chi connectivity index (χ2n) is 26.8. The first-order valence-corrected chi connectivity index (χ1v) is 33.3. The van der Waals surface area contributed by atoms with Crippen LogP contribution in [0.25, 0.3) is 10.1 Å². The SMILES string of the molecule is CC(C)(C)c1ccc(N2c3ccc(N(c4ccccc4)c4ccccc4)cc3B3c4sc5ccc(C(C)(C)C)cc5c4N(c4ccc(C(C)(C)C)cc4)c4cc([Si](c5ccccc5)(c5ccccc5)C5CCCc6ccccc65)cc2c43)cc1. The van der Waals surface area contributed by atoms with Crippen LogP contribution in [0.2, 0.25) is 0 Å². The third-order valence-electron chi connectivity index (χ3n) is 18.6. The summed E-state index contributed by atoms with van der Waals surface area (Å²) in [6.07, 6.45) is 3.36. The maximum atomic E-state index is 2.74. The van der Waals surface area contributed by atoms with Crippen LogP contribution in [0.1, 0.15) is 109 Å². The second-order valence-corrected chi connectivity index (χ2v) is 32.0. The number of hydrogen-bond donors (Lipinski definition) is 0. The molecule has 414 valence electrons. The molecule has 0 fully saturated rings. The van der Waals surface area contributed by atoms with Gasteiger partial charge < -0.3 is 14.7 Å². The van der Waals surface area contributed by atoms with E-state index < -0.39 is 8.07 Å². The zero-order chi connectivity index (χ0) is 57.7. The summed E-state index contributed by atoms with van der Waals surface area (Å²) in [6, 6.07) is 94.3. The Balaban J connectivity index is 1.16. The molecule has 0 saturated carbocycles. The summed E-state index contributed by atoms with van der Waals surface area (Å²) in [5.41, 5.74) is 20.5. The van der Waals surface area contributed by atoms with Gasteiger partial charge in [-0.25, -0.2) is 0 Å². The van der Waals surface area contributed by atoms with Gasteiger partial charge in [0.15, 0.2) is 8.07 Å². The molecule has 0 N–H and O–H groups in total. The number of nitrogens with zero attached hydrogens (tertiary/aromatic N) is 3. The Morgan fingerprint density at radius 1 is 0.452 bits per heavy atom. The van der Waals surface area contributed by atoms with E-state index in [4.69, 9.17) is 0 Å². The molecule has 0 spiro atoms. The van der Waals surface area contributed by atoms with Crippen molar-refractivity contribution in [3.05, 3.63) is 270 Å². The molecule has 10 aromatic carbocycles. The standard InChI is InChI=1S/C78H74BN3SSi/c1-76(2,3)54-37-42-59(43-38-54)81-68-47-46-61(80(57-27-14-10-15-28-57)58-29-16-11-17-30-58)50-67(68)79-73-69(81)51-64(84(62-31-18-12-19-32-62,63-33-20-13-21-34-63)72-36-24-26-53-25-22-23-35-65(53)72)52-70(73)82(60-44-39-55(40-45-60)77(4,5)6)74-66-49-56(78(7,8)9)41-48-71(66)83-75(74)79/h10-23,25,27-35,37-52,72H,24,26,36H2,1-9H3. The number of rotatable bonds is 9. The summed E-state index contributed by atoms with van der Waals surface area (Å²) in [6.45, 7) is 20.9. The lowest BCUT2D eigenvalue weighted by Gasteiger charge is -2.47. The first-order chi connectivity index (χ1) is 40.6. The highest BCUT2D eigenvalue weighted by atomic mass is 32.1. The number of anilines is 9. The van der Waals surface area contributed by atoms with Crippen molar-refractivity contribution in [2.24, 2.45) is 0 Å². The Morgan fingerprint density at radius 3 is 1.51 bits per heavy atom. The Labute approximate surface area is 504 Å². The van der Waals surface area contributed by atoms with E-state index in [2.05, 4.69) is 320 Å². The Hall–Kier alpha value is -8.16. The number of thiophene rings is 1. The molecule has 1 aliphatic carbocycles. The number of hydrogen-bond acceptors (Lipinski definition) is 4. The van der Waals surface area contributed by atoms with E-state index >= 15 is 0 Å². The molecule has 0 saturated heterocycles. The van der Waals surface area contributed by atoms with E-state index in [9.17, 15) is 0 Å². The fourth-order valence-electron chi connectivity index (χ4n) is 14.4. The summed E-state index contributed by atoms with van der Waals surface area (Å²) < 4.78 is 2.68. The van der Waals surface area contributed by atoms with Crippen LogP contribution in [0.3, 0.4) is 0 Å². The molecule has 11 aromatic rings. The Bertz CT molecular complexity index is 4150. The second kappa shape index (κ2) is 20.6. The molecule has 0 bridgehead atoms. The minimum Gasteiger partial charge on any atom is -0.311 e. The molecule has 1 aromatic heterocycles. The van der Waals surface area contributed by atoms with Crippen molar-refractivity contribution in [3.8, 4) is 0 Å². The van der Waals surface area contributed by atoms with Gasteiger partial charge in [0.05, 0.1) is 5.69 Å². The van der Waals surface area contributed by atoms with Gasteiger partial charge in [0.1, 0.15) is 0 Å². The van der Waals surface area contributed by atoms with E-state index in [0.29, 0.717) is 0 Å². The van der Waals surface area contributed by atoms with Gasteiger partial charge in [-0.2, -0.15) is 0 Å². The van der Waals surface area contributed by atoms with Crippen LogP contribution in [-0.4, -0.2) is 14.8 Å². The van der Waals surface area contributed by atoms with Gasteiger partial charge in [0, 0.05) is 60.4 Å². The van der Waals surface area contributed by atoms with Crippen LogP contribution < -0.4 is 46.0 Å². The van der Waals surface area contributed by atoms with Crippen molar-refractivity contribution in [1.29, 1.82) is 0 Å². The molecule has 14 rings (SSSR count). The highest BCUT2D eigenvalue weighted by Crippen LogP contribution is 2.50. The van der Waals surface area contributed by atoms with Gasteiger partial charge in [-0.15, -0.1) is 11.3 Å². The number of aryl methyl sites for hydroxylation is 1. The molecule has 84 heavy (non-hydrogen) atoms. The molecule has 0 radical (unpaired) electrons. The monoisotopic (exact) mass is 1120 g/mol. The first kappa shape index (κ1) is 53.8. The molecule has 6 heteroatoms. The van der Waals surface area contributed by atoms with Crippen molar-refractivity contribution in [2.75, 3.05) is 14.7 Å². The molecular formula is C78H74BN3SSi. The van der Waals surface area contributed by atoms with Gasteiger partial charge in [0.25, 0.3) is 6.71 Å². The third-order valence-corrected chi connectivity index (χ3v) is 25.1. The molecule has 3 heterocycles. The van der Waals surface area contributed by atoms with E-state index in [-0.39, 0.29) is 28.5 Å². The third kappa shape index (κ3) is 8.98. The number of benzene rings is 10. The minimum atomic E-state index is -3.12. The van der Waals surface area contributed by atoms with Gasteiger partial charge in [-0.1, -0.05) is 214 Å². The zero-order valence-electron chi connectivity index (χ0n) is 50.1. The Morgan fingerprint density at radius 2 is 0.952 bits per heavy atom. The molecule has 3 nitrogen and oxygen atoms in total. The normalized spacial score (nSPS) is 14.9. The lowest BCUT2D eigenvalue weighted by molar-refractivity contribution is 0.590. The predicted molar refractivity (Wildman–Crippen MR) is 366 cm³/mol. The average molecular weight is 1120 g/mol. The quantitative estimate of drug-likeness (QED) is 0.105. The van der Waals surface area contributed by atoms with Crippen LogP contribution in [0, 0.1) is 0 Å². The fourth-order valence-corrected chi connectivity index (χ4v) is 21.4. The molecule has 2 aliphatic heterocycles. The van der Waals surface area contributed by atoms with Crippen LogP contribution in [0.4, 0.5) is 51.2 Å². The summed E-state index contributed by atoms with van der Waals surface area (Å²) in [7, 11) is -3.12. The van der Waals surface area contributed by atoms with Crippen molar-refractivity contribution in [1.82, 2.24) is 0 Å². The van der Waals surface area contributed by atoms with Crippen LogP contribution >= 0.6 is 11.3 Å². The van der Waals surface area contributed by atoms with Crippen molar-refractivity contribution < 1.29 is 0 Å². The largest absolute Gasteiger partial charge is 0.311 e.